The number of halogens is 2. The van der Waals surface area contributed by atoms with Gasteiger partial charge in [-0.1, -0.05) is 28.9 Å². The van der Waals surface area contributed by atoms with Crippen LogP contribution in [0.15, 0.2) is 45.8 Å². The normalized spacial score (nSPS) is 14.9. The minimum Gasteiger partial charge on any atom is -0.339 e. The molecule has 1 saturated carbocycles. The van der Waals surface area contributed by atoms with Crippen molar-refractivity contribution in [1.29, 1.82) is 0 Å². The molecule has 3 aromatic rings. The first-order valence-corrected chi connectivity index (χ1v) is 11.7. The monoisotopic (exact) mass is 478 g/mol. The van der Waals surface area contributed by atoms with E-state index < -0.39 is 27.8 Å². The molecule has 11 heteroatoms. The number of hydrogen-bond acceptors (Lipinski definition) is 6. The second-order valence-corrected chi connectivity index (χ2v) is 9.79. The lowest BCUT2D eigenvalue weighted by molar-refractivity contribution is -0.117. The standard InChI is InChI=1S/C21H20ClFN4O4S/c1-11-3-4-14(19-25-21(31-26-19)13-5-6-13)9-18(11)32(29,30)27-12(2)20(28)24-17-8-7-15(22)10-16(17)23/h3-4,7-10,12-13,27H,5-6H2,1-2H3,(H,24,28). The minimum atomic E-state index is -4.08. The van der Waals surface area contributed by atoms with Gasteiger partial charge in [0.25, 0.3) is 0 Å². The van der Waals surface area contributed by atoms with Gasteiger partial charge < -0.3 is 9.84 Å². The molecule has 1 aliphatic carbocycles. The molecule has 0 bridgehead atoms. The van der Waals surface area contributed by atoms with E-state index in [9.17, 15) is 17.6 Å². The number of amides is 1. The number of nitrogens with one attached hydrogen (secondary N) is 2. The van der Waals surface area contributed by atoms with Gasteiger partial charge in [-0.3, -0.25) is 4.79 Å². The first kappa shape index (κ1) is 22.4. The Balaban J connectivity index is 1.52. The lowest BCUT2D eigenvalue weighted by atomic mass is 10.1. The summed E-state index contributed by atoms with van der Waals surface area (Å²) >= 11 is 5.70. The van der Waals surface area contributed by atoms with Crippen molar-refractivity contribution in [2.24, 2.45) is 0 Å². The van der Waals surface area contributed by atoms with Crippen molar-refractivity contribution in [1.82, 2.24) is 14.9 Å². The van der Waals surface area contributed by atoms with Crippen LogP contribution < -0.4 is 10.0 Å². The largest absolute Gasteiger partial charge is 0.339 e. The Morgan fingerprint density at radius 3 is 2.69 bits per heavy atom. The molecule has 1 amide bonds. The van der Waals surface area contributed by atoms with Gasteiger partial charge in [-0.05, 0) is 56.5 Å². The maximum Gasteiger partial charge on any atom is 0.242 e. The number of carbonyl (C=O) groups excluding carboxylic acids is 1. The van der Waals surface area contributed by atoms with Crippen LogP contribution in [0.5, 0.6) is 0 Å². The Bertz CT molecular complexity index is 1290. The highest BCUT2D eigenvalue weighted by atomic mass is 35.5. The summed E-state index contributed by atoms with van der Waals surface area (Å²) in [6.45, 7) is 3.00. The molecule has 1 fully saturated rings. The van der Waals surface area contributed by atoms with Crippen LogP contribution in [0.25, 0.3) is 11.4 Å². The van der Waals surface area contributed by atoms with Crippen molar-refractivity contribution < 1.29 is 22.1 Å². The number of aryl methyl sites for hydroxylation is 1. The van der Waals surface area contributed by atoms with E-state index in [1.807, 2.05) is 0 Å². The highest BCUT2D eigenvalue weighted by Crippen LogP contribution is 2.39. The Morgan fingerprint density at radius 1 is 1.25 bits per heavy atom. The summed E-state index contributed by atoms with van der Waals surface area (Å²) in [7, 11) is -4.08. The molecular formula is C21H20ClFN4O4S. The summed E-state index contributed by atoms with van der Waals surface area (Å²) in [5, 5.41) is 6.47. The molecule has 32 heavy (non-hydrogen) atoms. The van der Waals surface area contributed by atoms with E-state index in [0.717, 1.165) is 18.9 Å². The number of sulfonamides is 1. The minimum absolute atomic E-state index is 0.0231. The van der Waals surface area contributed by atoms with Crippen LogP contribution in [-0.4, -0.2) is 30.5 Å². The van der Waals surface area contributed by atoms with E-state index in [2.05, 4.69) is 20.2 Å². The molecule has 8 nitrogen and oxygen atoms in total. The molecule has 0 saturated heterocycles. The molecule has 0 radical (unpaired) electrons. The SMILES string of the molecule is Cc1ccc(-c2noc(C3CC3)n2)cc1S(=O)(=O)NC(C)C(=O)Nc1ccc(Cl)cc1F. The van der Waals surface area contributed by atoms with Gasteiger partial charge in [-0.15, -0.1) is 0 Å². The van der Waals surface area contributed by atoms with Crippen LogP contribution in [0.3, 0.4) is 0 Å². The van der Waals surface area contributed by atoms with Gasteiger partial charge in [-0.25, -0.2) is 12.8 Å². The van der Waals surface area contributed by atoms with Crippen molar-refractivity contribution in [2.75, 3.05) is 5.32 Å². The van der Waals surface area contributed by atoms with Crippen LogP contribution in [0.1, 0.15) is 37.1 Å². The Labute approximate surface area is 189 Å². The molecule has 1 atom stereocenters. The maximum absolute atomic E-state index is 13.9. The van der Waals surface area contributed by atoms with Crippen LogP contribution in [-0.2, 0) is 14.8 Å². The zero-order valence-electron chi connectivity index (χ0n) is 17.2. The van der Waals surface area contributed by atoms with Gasteiger partial charge in [0.05, 0.1) is 16.6 Å². The molecular weight excluding hydrogens is 459 g/mol. The van der Waals surface area contributed by atoms with Gasteiger partial charge in [0.1, 0.15) is 5.82 Å². The quantitative estimate of drug-likeness (QED) is 0.530. The second kappa shape index (κ2) is 8.61. The van der Waals surface area contributed by atoms with Gasteiger partial charge >= 0.3 is 0 Å². The number of carbonyl (C=O) groups is 1. The highest BCUT2D eigenvalue weighted by molar-refractivity contribution is 7.89. The summed E-state index contributed by atoms with van der Waals surface area (Å²) in [6, 6.07) is 7.35. The van der Waals surface area contributed by atoms with E-state index in [4.69, 9.17) is 16.1 Å². The fourth-order valence-electron chi connectivity index (χ4n) is 3.06. The summed E-state index contributed by atoms with van der Waals surface area (Å²) in [5.41, 5.74) is 0.850. The first-order valence-electron chi connectivity index (χ1n) is 9.87. The molecule has 0 spiro atoms. The van der Waals surface area contributed by atoms with Crippen molar-refractivity contribution in [2.45, 2.75) is 43.5 Å². The van der Waals surface area contributed by atoms with Crippen molar-refractivity contribution in [3.05, 3.63) is 58.7 Å². The van der Waals surface area contributed by atoms with Crippen molar-refractivity contribution in [3.8, 4) is 11.4 Å². The lowest BCUT2D eigenvalue weighted by Gasteiger charge is -2.16. The summed E-state index contributed by atoms with van der Waals surface area (Å²) < 4.78 is 47.5. The Kier molecular flexibility index (Phi) is 6.02. The van der Waals surface area contributed by atoms with Crippen molar-refractivity contribution in [3.63, 3.8) is 0 Å². The van der Waals surface area contributed by atoms with Gasteiger partial charge in [0.2, 0.25) is 27.6 Å². The van der Waals surface area contributed by atoms with Gasteiger partial charge in [-0.2, -0.15) is 9.71 Å². The third-order valence-electron chi connectivity index (χ3n) is 5.02. The number of anilines is 1. The third-order valence-corrected chi connectivity index (χ3v) is 6.94. The molecule has 168 valence electrons. The predicted octanol–water partition coefficient (Wildman–Crippen LogP) is 4.02. The Morgan fingerprint density at radius 2 is 2.00 bits per heavy atom. The number of rotatable bonds is 7. The highest BCUT2D eigenvalue weighted by Gasteiger charge is 2.30. The molecule has 1 aliphatic rings. The summed E-state index contributed by atoms with van der Waals surface area (Å²) in [4.78, 5) is 16.8. The topological polar surface area (TPSA) is 114 Å². The molecule has 1 unspecified atom stereocenters. The molecule has 2 N–H and O–H groups in total. The van der Waals surface area contributed by atoms with E-state index in [0.29, 0.717) is 22.8 Å². The average molecular weight is 479 g/mol. The molecule has 4 rings (SSSR count). The fourth-order valence-corrected chi connectivity index (χ4v) is 4.69. The summed E-state index contributed by atoms with van der Waals surface area (Å²) in [6.07, 6.45) is 2.00. The number of hydrogen-bond donors (Lipinski definition) is 2. The third kappa shape index (κ3) is 4.82. The number of benzene rings is 2. The lowest BCUT2D eigenvalue weighted by Crippen LogP contribution is -2.41. The molecule has 1 heterocycles. The number of aromatic nitrogens is 2. The molecule has 0 aliphatic heterocycles. The van der Waals surface area contributed by atoms with Gasteiger partial charge in [0, 0.05) is 16.5 Å². The van der Waals surface area contributed by atoms with Gasteiger partial charge in [0.15, 0.2) is 0 Å². The molecule has 2 aromatic carbocycles. The zero-order chi connectivity index (χ0) is 23.0. The van der Waals surface area contributed by atoms with Crippen LogP contribution in [0.4, 0.5) is 10.1 Å². The zero-order valence-corrected chi connectivity index (χ0v) is 18.8. The smallest absolute Gasteiger partial charge is 0.242 e. The number of nitrogens with zero attached hydrogens (tertiary/aromatic N) is 2. The van der Waals surface area contributed by atoms with E-state index in [1.165, 1.54) is 25.1 Å². The second-order valence-electron chi connectivity index (χ2n) is 7.67. The Hall–Kier alpha value is -2.82. The summed E-state index contributed by atoms with van der Waals surface area (Å²) in [5.74, 6) is -0.336. The fraction of sp³-hybridized carbons (Fsp3) is 0.286. The van der Waals surface area contributed by atoms with Crippen LogP contribution >= 0.6 is 11.6 Å². The first-order chi connectivity index (χ1) is 15.1. The van der Waals surface area contributed by atoms with E-state index in [-0.39, 0.29) is 21.5 Å². The predicted molar refractivity (Wildman–Crippen MR) is 116 cm³/mol. The van der Waals surface area contributed by atoms with E-state index >= 15 is 0 Å². The van der Waals surface area contributed by atoms with Crippen LogP contribution in [0.2, 0.25) is 5.02 Å². The average Bonchev–Trinajstić information content (AvgIpc) is 3.47. The van der Waals surface area contributed by atoms with E-state index in [1.54, 1.807) is 19.1 Å². The molecule has 1 aromatic heterocycles. The van der Waals surface area contributed by atoms with Crippen molar-refractivity contribution >= 4 is 33.2 Å². The van der Waals surface area contributed by atoms with Crippen LogP contribution in [0, 0.1) is 12.7 Å². The maximum atomic E-state index is 13.9.